The molecule has 9 rings (SSSR count). The molecule has 3 aliphatic carbocycles. The molecule has 0 radical (unpaired) electrons. The van der Waals surface area contributed by atoms with Crippen LogP contribution in [-0.4, -0.2) is 38.4 Å². The van der Waals surface area contributed by atoms with Crippen molar-refractivity contribution in [1.29, 1.82) is 0 Å². The molecule has 0 spiro atoms. The van der Waals surface area contributed by atoms with Crippen molar-refractivity contribution in [2.24, 2.45) is 0 Å². The minimum Gasteiger partial charge on any atom is -0.497 e. The molecule has 1 atom stereocenters. The van der Waals surface area contributed by atoms with Crippen molar-refractivity contribution in [2.45, 2.75) is 69.4 Å². The van der Waals surface area contributed by atoms with Crippen molar-refractivity contribution in [1.82, 2.24) is 0 Å². The van der Waals surface area contributed by atoms with E-state index in [4.69, 9.17) is 14.2 Å². The SMILES string of the molecule is C=CC(=O)OCC1(COC(=O)C=C)c2cc(-c3ccc4c(c3)C(C)(C)c3cc(OC)ccc3-4)ccc2-c2ccc(-c3ccc4c(c3)C(C)(C(F)(F)F)c3cc(C(C)(C)C)ccc3-4)cc21. The molecule has 0 aromatic heterocycles. The Balaban J connectivity index is 1.19. The molecule has 0 bridgehead atoms. The van der Waals surface area contributed by atoms with Gasteiger partial charge in [0.25, 0.3) is 0 Å². The van der Waals surface area contributed by atoms with Gasteiger partial charge in [-0.15, -0.1) is 0 Å². The molecule has 6 aromatic rings. The largest absolute Gasteiger partial charge is 0.497 e. The van der Waals surface area contributed by atoms with Crippen molar-refractivity contribution in [3.8, 4) is 61.4 Å². The van der Waals surface area contributed by atoms with E-state index in [2.05, 4.69) is 69.5 Å². The number of carbonyl (C=O) groups excluding carboxylic acids is 2. The monoisotopic (exact) mass is 858 g/mol. The molecule has 0 saturated carbocycles. The number of benzene rings is 6. The molecule has 0 heterocycles. The normalized spacial score (nSPS) is 17.0. The van der Waals surface area contributed by atoms with E-state index in [0.717, 1.165) is 62.4 Å². The number of ether oxygens (including phenoxy) is 3. The van der Waals surface area contributed by atoms with E-state index in [1.807, 2.05) is 69.3 Å². The zero-order valence-corrected chi connectivity index (χ0v) is 37.1. The molecule has 5 nitrogen and oxygen atoms in total. The predicted molar refractivity (Wildman–Crippen MR) is 247 cm³/mol. The zero-order valence-electron chi connectivity index (χ0n) is 37.1. The third-order valence-corrected chi connectivity index (χ3v) is 14.0. The summed E-state index contributed by atoms with van der Waals surface area (Å²) in [6, 6.07) is 35.3. The van der Waals surface area contributed by atoms with Crippen molar-refractivity contribution in [3.05, 3.63) is 173 Å². The van der Waals surface area contributed by atoms with Gasteiger partial charge in [-0.25, -0.2) is 9.59 Å². The Bertz CT molecular complexity index is 2960. The minimum atomic E-state index is -4.59. The fourth-order valence-corrected chi connectivity index (χ4v) is 10.2. The Labute approximate surface area is 372 Å². The van der Waals surface area contributed by atoms with E-state index >= 15 is 13.2 Å². The van der Waals surface area contributed by atoms with Gasteiger partial charge in [-0.05, 0) is 143 Å². The third kappa shape index (κ3) is 6.35. The first-order chi connectivity index (χ1) is 30.3. The smallest absolute Gasteiger partial charge is 0.402 e. The third-order valence-electron chi connectivity index (χ3n) is 14.0. The number of carbonyl (C=O) groups is 2. The second-order valence-corrected chi connectivity index (χ2v) is 18.9. The van der Waals surface area contributed by atoms with E-state index in [-0.39, 0.29) is 35.2 Å². The van der Waals surface area contributed by atoms with Crippen LogP contribution < -0.4 is 4.74 Å². The second kappa shape index (κ2) is 14.7. The quantitative estimate of drug-likeness (QED) is 0.107. The van der Waals surface area contributed by atoms with Gasteiger partial charge in [0.05, 0.1) is 12.5 Å². The molecular weight excluding hydrogens is 810 g/mol. The Morgan fingerprint density at radius 2 is 0.922 bits per heavy atom. The average molecular weight is 859 g/mol. The number of halogens is 3. The van der Waals surface area contributed by atoms with Crippen molar-refractivity contribution in [2.75, 3.05) is 20.3 Å². The summed E-state index contributed by atoms with van der Waals surface area (Å²) in [5.41, 5.74) is 9.07. The van der Waals surface area contributed by atoms with Crippen molar-refractivity contribution in [3.63, 3.8) is 0 Å². The number of hydrogen-bond donors (Lipinski definition) is 0. The highest BCUT2D eigenvalue weighted by Gasteiger charge is 2.58. The van der Waals surface area contributed by atoms with Crippen molar-refractivity contribution < 1.29 is 37.0 Å². The van der Waals surface area contributed by atoms with Gasteiger partial charge in [-0.2, -0.15) is 13.2 Å². The first-order valence-corrected chi connectivity index (χ1v) is 21.4. The standard InChI is InChI=1S/C56H49F3O5/c1-10-50(60)63-30-55(31-64-51(61)11-2)48-26-34(32-12-18-38-39-23-17-37(62-9)29-45(39)53(6,7)44(38)24-32)14-20-42(48)43-21-15-35(27-49(43)55)33-13-19-40-41-22-16-36(52(3,4)5)28-47(41)54(8,46(40)25-33)56(57,58)59/h10-29H,1-2,30-31H2,3-9H3. The Hall–Kier alpha value is -6.67. The Kier molecular flexibility index (Phi) is 9.79. The van der Waals surface area contributed by atoms with Gasteiger partial charge in [0, 0.05) is 17.6 Å². The molecule has 0 amide bonds. The van der Waals surface area contributed by atoms with Crippen LogP contribution in [0.1, 0.15) is 80.5 Å². The molecule has 1 unspecified atom stereocenters. The van der Waals surface area contributed by atoms with Crippen LogP contribution in [0.3, 0.4) is 0 Å². The summed E-state index contributed by atoms with van der Waals surface area (Å²) in [7, 11) is 1.67. The second-order valence-electron chi connectivity index (χ2n) is 18.9. The summed E-state index contributed by atoms with van der Waals surface area (Å²) < 4.78 is 63.8. The highest BCUT2D eigenvalue weighted by molar-refractivity contribution is 5.91. The van der Waals surface area contributed by atoms with E-state index in [0.29, 0.717) is 27.8 Å². The molecule has 0 aliphatic heterocycles. The lowest BCUT2D eigenvalue weighted by atomic mass is 9.76. The number of fused-ring (bicyclic) bond motifs is 9. The predicted octanol–water partition coefficient (Wildman–Crippen LogP) is 13.2. The fourth-order valence-electron chi connectivity index (χ4n) is 10.2. The highest BCUT2D eigenvalue weighted by atomic mass is 19.4. The number of esters is 2. The topological polar surface area (TPSA) is 61.8 Å². The molecule has 324 valence electrons. The van der Waals surface area contributed by atoms with Gasteiger partial charge in [-0.1, -0.05) is 121 Å². The molecule has 0 N–H and O–H groups in total. The summed E-state index contributed by atoms with van der Waals surface area (Å²) in [6.45, 7) is 18.4. The van der Waals surface area contributed by atoms with Crippen LogP contribution in [0.4, 0.5) is 13.2 Å². The van der Waals surface area contributed by atoms with Crippen LogP contribution in [0.15, 0.2) is 135 Å². The van der Waals surface area contributed by atoms with Gasteiger partial charge in [0.15, 0.2) is 0 Å². The first kappa shape index (κ1) is 42.6. The Morgan fingerprint density at radius 1 is 0.547 bits per heavy atom. The zero-order chi connectivity index (χ0) is 45.7. The van der Waals surface area contributed by atoms with Crippen LogP contribution in [0, 0.1) is 0 Å². The molecule has 0 fully saturated rings. The van der Waals surface area contributed by atoms with Crippen molar-refractivity contribution >= 4 is 11.9 Å². The van der Waals surface area contributed by atoms with Crippen LogP contribution in [0.5, 0.6) is 5.75 Å². The first-order valence-electron chi connectivity index (χ1n) is 21.4. The summed E-state index contributed by atoms with van der Waals surface area (Å²) >= 11 is 0. The van der Waals surface area contributed by atoms with Crippen LogP contribution in [0.25, 0.3) is 55.6 Å². The number of methoxy groups -OCH3 is 1. The molecule has 8 heteroatoms. The van der Waals surface area contributed by atoms with E-state index in [1.54, 1.807) is 25.3 Å². The van der Waals surface area contributed by atoms with Gasteiger partial charge < -0.3 is 14.2 Å². The molecule has 64 heavy (non-hydrogen) atoms. The lowest BCUT2D eigenvalue weighted by Crippen LogP contribution is -2.39. The molecular formula is C56H49F3O5. The van der Waals surface area contributed by atoms with E-state index in [1.165, 1.54) is 18.1 Å². The van der Waals surface area contributed by atoms with E-state index < -0.39 is 28.9 Å². The summed E-state index contributed by atoms with van der Waals surface area (Å²) in [5, 5.41) is 0. The maximum absolute atomic E-state index is 15.5. The minimum absolute atomic E-state index is 0.179. The summed E-state index contributed by atoms with van der Waals surface area (Å²) in [4.78, 5) is 25.7. The maximum atomic E-state index is 15.5. The number of alkyl halides is 3. The number of hydrogen-bond acceptors (Lipinski definition) is 5. The number of rotatable bonds is 9. The van der Waals surface area contributed by atoms with Gasteiger partial charge in [-0.3, -0.25) is 0 Å². The fraction of sp³-hybridized carbons (Fsp3) is 0.250. The summed E-state index contributed by atoms with van der Waals surface area (Å²) in [6.07, 6.45) is -2.43. The maximum Gasteiger partial charge on any atom is 0.402 e. The van der Waals surface area contributed by atoms with Crippen LogP contribution >= 0.6 is 0 Å². The lowest BCUT2D eigenvalue weighted by Gasteiger charge is -2.32. The van der Waals surface area contributed by atoms with Gasteiger partial charge >= 0.3 is 18.1 Å². The van der Waals surface area contributed by atoms with Gasteiger partial charge in [0.1, 0.15) is 24.4 Å². The molecule has 0 saturated heterocycles. The Morgan fingerprint density at radius 3 is 1.36 bits per heavy atom. The van der Waals surface area contributed by atoms with Crippen LogP contribution in [-0.2, 0) is 40.7 Å². The molecule has 6 aromatic carbocycles. The van der Waals surface area contributed by atoms with Crippen LogP contribution in [0.2, 0.25) is 0 Å². The highest BCUT2D eigenvalue weighted by Crippen LogP contribution is 2.59. The van der Waals surface area contributed by atoms with E-state index in [9.17, 15) is 9.59 Å². The average Bonchev–Trinajstić information content (AvgIpc) is 3.80. The van der Waals surface area contributed by atoms with Gasteiger partial charge in [0.2, 0.25) is 0 Å². The molecule has 3 aliphatic rings. The lowest BCUT2D eigenvalue weighted by molar-refractivity contribution is -0.172. The summed E-state index contributed by atoms with van der Waals surface area (Å²) in [5.74, 6) is -0.524.